The molecular weight excluding hydrogens is 508 g/mol. The SMILES string of the molecule is CC(=O)Nc1ccc(Nc2nc(N3CCN(c4ccccn4)CC3)nc3c2ncn3CCN2CCCC2=O)cc1. The minimum absolute atomic E-state index is 0.118. The Bertz CT molecular complexity index is 1500. The smallest absolute Gasteiger partial charge is 0.229 e. The fraction of sp³-hybridized carbons (Fsp3) is 0.357. The first-order valence-corrected chi connectivity index (χ1v) is 13.6. The summed E-state index contributed by atoms with van der Waals surface area (Å²) >= 11 is 0. The molecule has 0 atom stereocenters. The second kappa shape index (κ2) is 11.2. The maximum Gasteiger partial charge on any atom is 0.229 e. The molecule has 2 N–H and O–H groups in total. The maximum absolute atomic E-state index is 12.2. The number of hydrogen-bond acceptors (Lipinski definition) is 9. The van der Waals surface area contributed by atoms with Crippen molar-refractivity contribution < 1.29 is 9.59 Å². The van der Waals surface area contributed by atoms with E-state index in [1.807, 2.05) is 58.1 Å². The molecule has 40 heavy (non-hydrogen) atoms. The van der Waals surface area contributed by atoms with Crippen LogP contribution in [0.15, 0.2) is 55.0 Å². The van der Waals surface area contributed by atoms with E-state index >= 15 is 0 Å². The fourth-order valence-corrected chi connectivity index (χ4v) is 5.15. The van der Waals surface area contributed by atoms with E-state index in [2.05, 4.69) is 30.4 Å². The van der Waals surface area contributed by atoms with Gasteiger partial charge in [0.2, 0.25) is 17.8 Å². The molecule has 12 nitrogen and oxygen atoms in total. The number of pyridine rings is 1. The largest absolute Gasteiger partial charge is 0.353 e. The van der Waals surface area contributed by atoms with Gasteiger partial charge in [-0.05, 0) is 42.8 Å². The molecule has 2 aliphatic rings. The maximum atomic E-state index is 12.2. The molecule has 0 saturated carbocycles. The van der Waals surface area contributed by atoms with Gasteiger partial charge in [-0.25, -0.2) is 9.97 Å². The number of rotatable bonds is 8. The highest BCUT2D eigenvalue weighted by molar-refractivity contribution is 5.89. The second-order valence-corrected chi connectivity index (χ2v) is 10.0. The number of carbonyl (C=O) groups is 2. The average Bonchev–Trinajstić information content (AvgIpc) is 3.58. The zero-order valence-electron chi connectivity index (χ0n) is 22.5. The van der Waals surface area contributed by atoms with Gasteiger partial charge >= 0.3 is 0 Å². The summed E-state index contributed by atoms with van der Waals surface area (Å²) < 4.78 is 2.00. The summed E-state index contributed by atoms with van der Waals surface area (Å²) in [6.07, 6.45) is 5.12. The highest BCUT2D eigenvalue weighted by Gasteiger charge is 2.24. The molecule has 0 bridgehead atoms. The lowest BCUT2D eigenvalue weighted by Gasteiger charge is -2.35. The lowest BCUT2D eigenvalue weighted by molar-refractivity contribution is -0.127. The van der Waals surface area contributed by atoms with Crippen molar-refractivity contribution in [3.8, 4) is 0 Å². The Kier molecular flexibility index (Phi) is 7.13. The average molecular weight is 541 g/mol. The molecule has 3 aromatic heterocycles. The van der Waals surface area contributed by atoms with Gasteiger partial charge in [-0.2, -0.15) is 9.97 Å². The molecule has 2 fully saturated rings. The van der Waals surface area contributed by atoms with Gasteiger partial charge in [0.25, 0.3) is 0 Å². The Hall–Kier alpha value is -4.74. The predicted molar refractivity (Wildman–Crippen MR) is 154 cm³/mol. The number of carbonyl (C=O) groups excluding carboxylic acids is 2. The molecule has 0 unspecified atom stereocenters. The van der Waals surface area contributed by atoms with E-state index in [4.69, 9.17) is 9.97 Å². The van der Waals surface area contributed by atoms with E-state index in [0.717, 1.165) is 62.0 Å². The summed E-state index contributed by atoms with van der Waals surface area (Å²) in [5.41, 5.74) is 2.92. The van der Waals surface area contributed by atoms with Gasteiger partial charge in [-0.15, -0.1) is 0 Å². The van der Waals surface area contributed by atoms with Crippen LogP contribution in [0.4, 0.5) is 29.0 Å². The highest BCUT2D eigenvalue weighted by atomic mass is 16.2. The van der Waals surface area contributed by atoms with Crippen LogP contribution >= 0.6 is 0 Å². The minimum Gasteiger partial charge on any atom is -0.353 e. The topological polar surface area (TPSA) is 124 Å². The van der Waals surface area contributed by atoms with Crippen LogP contribution in [0.25, 0.3) is 11.2 Å². The quantitative estimate of drug-likeness (QED) is 0.347. The Balaban J connectivity index is 1.27. The second-order valence-electron chi connectivity index (χ2n) is 10.0. The molecule has 2 aliphatic heterocycles. The van der Waals surface area contributed by atoms with Gasteiger partial charge in [0.15, 0.2) is 17.0 Å². The summed E-state index contributed by atoms with van der Waals surface area (Å²) in [6, 6.07) is 13.4. The Morgan fingerprint density at radius 1 is 0.900 bits per heavy atom. The summed E-state index contributed by atoms with van der Waals surface area (Å²) in [6.45, 7) is 6.64. The van der Waals surface area contributed by atoms with Crippen LogP contribution in [0.5, 0.6) is 0 Å². The number of anilines is 5. The molecule has 6 rings (SSSR count). The van der Waals surface area contributed by atoms with Gasteiger partial charge in [0.1, 0.15) is 5.82 Å². The van der Waals surface area contributed by atoms with Crippen molar-refractivity contribution in [2.75, 3.05) is 59.7 Å². The van der Waals surface area contributed by atoms with Crippen LogP contribution in [0.3, 0.4) is 0 Å². The standard InChI is InChI=1S/C28H32N10O2/c1-20(39)31-21-7-9-22(10-8-21)32-26-25-27(38(19-30-25)18-15-36-12-4-6-24(36)40)34-28(33-26)37-16-13-35(14-17-37)23-5-2-3-11-29-23/h2-3,5,7-11,19H,4,6,12-18H2,1H3,(H,31,39)(H,32,33,34). The van der Waals surface area contributed by atoms with E-state index < -0.39 is 0 Å². The van der Waals surface area contributed by atoms with E-state index in [1.54, 1.807) is 6.33 Å². The van der Waals surface area contributed by atoms with Crippen LogP contribution in [-0.4, -0.2) is 80.5 Å². The zero-order valence-corrected chi connectivity index (χ0v) is 22.5. The number of amides is 2. The number of nitrogens with zero attached hydrogens (tertiary/aromatic N) is 8. The first-order chi connectivity index (χ1) is 19.5. The molecule has 0 spiro atoms. The number of piperazine rings is 1. The monoisotopic (exact) mass is 540 g/mol. The Morgan fingerprint density at radius 2 is 1.68 bits per heavy atom. The number of hydrogen-bond donors (Lipinski definition) is 2. The number of benzene rings is 1. The first kappa shape index (κ1) is 25.5. The summed E-state index contributed by atoms with van der Waals surface area (Å²) in [5.74, 6) is 2.29. The van der Waals surface area contributed by atoms with Gasteiger partial charge in [0.05, 0.1) is 6.33 Å². The minimum atomic E-state index is -0.118. The molecule has 12 heteroatoms. The van der Waals surface area contributed by atoms with Crippen molar-refractivity contribution in [3.63, 3.8) is 0 Å². The van der Waals surface area contributed by atoms with E-state index in [1.165, 1.54) is 6.92 Å². The summed E-state index contributed by atoms with van der Waals surface area (Å²) in [4.78, 5) is 48.9. The van der Waals surface area contributed by atoms with Crippen molar-refractivity contribution in [1.29, 1.82) is 0 Å². The van der Waals surface area contributed by atoms with Gasteiger partial charge in [-0.3, -0.25) is 9.59 Å². The molecule has 0 aliphatic carbocycles. The van der Waals surface area contributed by atoms with Crippen molar-refractivity contribution in [3.05, 3.63) is 55.0 Å². The van der Waals surface area contributed by atoms with E-state index in [0.29, 0.717) is 36.8 Å². The third kappa shape index (κ3) is 5.51. The normalized spacial score (nSPS) is 15.6. The van der Waals surface area contributed by atoms with E-state index in [9.17, 15) is 9.59 Å². The van der Waals surface area contributed by atoms with Crippen LogP contribution in [-0.2, 0) is 16.1 Å². The number of fused-ring (bicyclic) bond motifs is 1. The predicted octanol–water partition coefficient (Wildman–Crippen LogP) is 2.87. The molecule has 0 radical (unpaired) electrons. The molecule has 206 valence electrons. The number of imidazole rings is 1. The van der Waals surface area contributed by atoms with Crippen molar-refractivity contribution in [1.82, 2.24) is 29.4 Å². The van der Waals surface area contributed by atoms with Crippen LogP contribution in [0.1, 0.15) is 19.8 Å². The van der Waals surface area contributed by atoms with Gasteiger partial charge < -0.3 is 29.9 Å². The third-order valence-electron chi connectivity index (χ3n) is 7.24. The molecule has 2 amide bonds. The number of likely N-dealkylation sites (tertiary alicyclic amines) is 1. The first-order valence-electron chi connectivity index (χ1n) is 13.6. The number of nitrogens with one attached hydrogen (secondary N) is 2. The van der Waals surface area contributed by atoms with Crippen molar-refractivity contribution >= 4 is 51.9 Å². The van der Waals surface area contributed by atoms with Gasteiger partial charge in [0, 0.05) is 76.7 Å². The zero-order chi connectivity index (χ0) is 27.5. The highest BCUT2D eigenvalue weighted by Crippen LogP contribution is 2.27. The summed E-state index contributed by atoms with van der Waals surface area (Å²) in [7, 11) is 0. The molecule has 1 aromatic carbocycles. The molecule has 5 heterocycles. The fourth-order valence-electron chi connectivity index (χ4n) is 5.15. The van der Waals surface area contributed by atoms with Crippen molar-refractivity contribution in [2.24, 2.45) is 0 Å². The molecular formula is C28H32N10O2. The van der Waals surface area contributed by atoms with E-state index in [-0.39, 0.29) is 11.8 Å². The third-order valence-corrected chi connectivity index (χ3v) is 7.24. The Labute approximate surface area is 232 Å². The lowest BCUT2D eigenvalue weighted by atomic mass is 10.2. The summed E-state index contributed by atoms with van der Waals surface area (Å²) in [5, 5.41) is 6.19. The van der Waals surface area contributed by atoms with Crippen molar-refractivity contribution in [2.45, 2.75) is 26.3 Å². The van der Waals surface area contributed by atoms with Crippen LogP contribution in [0, 0.1) is 0 Å². The van der Waals surface area contributed by atoms with Crippen LogP contribution < -0.4 is 20.4 Å². The van der Waals surface area contributed by atoms with Gasteiger partial charge in [-0.1, -0.05) is 6.07 Å². The number of aromatic nitrogens is 5. The lowest BCUT2D eigenvalue weighted by Crippen LogP contribution is -2.47. The molecule has 4 aromatic rings. The Morgan fingerprint density at radius 3 is 2.38 bits per heavy atom. The van der Waals surface area contributed by atoms with Crippen LogP contribution in [0.2, 0.25) is 0 Å². The molecule has 2 saturated heterocycles.